The van der Waals surface area contributed by atoms with Crippen LogP contribution in [0.2, 0.25) is 0 Å². The predicted octanol–water partition coefficient (Wildman–Crippen LogP) is 3.19. The fraction of sp³-hybridized carbons (Fsp3) is 0.360. The van der Waals surface area contributed by atoms with Crippen LogP contribution in [0.3, 0.4) is 0 Å². The lowest BCUT2D eigenvalue weighted by atomic mass is 9.97. The van der Waals surface area contributed by atoms with Crippen molar-refractivity contribution < 1.29 is 14.7 Å². The quantitative estimate of drug-likeness (QED) is 0.324. The van der Waals surface area contributed by atoms with Gasteiger partial charge in [0.25, 0.3) is 11.7 Å². The number of ketones is 1. The summed E-state index contributed by atoms with van der Waals surface area (Å²) in [7, 11) is 0. The number of likely N-dealkylation sites (tertiary alicyclic amines) is 1. The highest BCUT2D eigenvalue weighted by Crippen LogP contribution is 2.39. The van der Waals surface area contributed by atoms with Crippen molar-refractivity contribution in [1.29, 1.82) is 0 Å². The first-order valence-corrected chi connectivity index (χ1v) is 11.3. The number of carbonyl (C=O) groups is 2. The molecule has 1 fully saturated rings. The normalized spacial score (nSPS) is 18.1. The van der Waals surface area contributed by atoms with Crippen molar-refractivity contribution in [3.05, 3.63) is 71.4 Å². The molecule has 3 aromatic rings. The SMILES string of the molecule is CCN(CC)CCCN1C(=O)C(=O)/C(=C(/O)c2c(C)nc3ccccn23)[C@H]1c1cccnc1. The molecule has 0 bridgehead atoms. The Labute approximate surface area is 193 Å². The van der Waals surface area contributed by atoms with Gasteiger partial charge in [0.2, 0.25) is 0 Å². The van der Waals surface area contributed by atoms with Gasteiger partial charge in [0, 0.05) is 25.1 Å². The molecule has 1 N–H and O–H groups in total. The van der Waals surface area contributed by atoms with Crippen LogP contribution in [0.4, 0.5) is 0 Å². The number of hydrogen-bond acceptors (Lipinski definition) is 6. The number of carbonyl (C=O) groups excluding carboxylic acids is 2. The number of nitrogens with zero attached hydrogens (tertiary/aromatic N) is 5. The van der Waals surface area contributed by atoms with Crippen LogP contribution < -0.4 is 0 Å². The van der Waals surface area contributed by atoms with Gasteiger partial charge in [0.1, 0.15) is 11.3 Å². The third kappa shape index (κ3) is 4.14. The summed E-state index contributed by atoms with van der Waals surface area (Å²) in [5, 5.41) is 11.4. The third-order valence-corrected chi connectivity index (χ3v) is 6.24. The minimum atomic E-state index is -0.705. The number of amides is 1. The lowest BCUT2D eigenvalue weighted by Gasteiger charge is -2.26. The number of fused-ring (bicyclic) bond motifs is 1. The van der Waals surface area contributed by atoms with Gasteiger partial charge in [0.05, 0.1) is 17.3 Å². The average Bonchev–Trinajstić information content (AvgIpc) is 3.30. The summed E-state index contributed by atoms with van der Waals surface area (Å²) >= 11 is 0. The first kappa shape index (κ1) is 22.7. The van der Waals surface area contributed by atoms with Crippen LogP contribution in [0.15, 0.2) is 54.5 Å². The minimum absolute atomic E-state index is 0.0737. The number of Topliss-reactive ketones (excluding diaryl/α,β-unsaturated/α-hetero) is 1. The van der Waals surface area contributed by atoms with Crippen LogP contribution in [0, 0.1) is 6.92 Å². The summed E-state index contributed by atoms with van der Waals surface area (Å²) in [6, 6.07) is 8.41. The minimum Gasteiger partial charge on any atom is -0.505 e. The summed E-state index contributed by atoms with van der Waals surface area (Å²) in [6.45, 7) is 9.06. The fourth-order valence-electron chi connectivity index (χ4n) is 4.53. The van der Waals surface area contributed by atoms with Crippen molar-refractivity contribution >= 4 is 23.1 Å². The van der Waals surface area contributed by atoms with E-state index in [4.69, 9.17) is 0 Å². The molecule has 0 saturated carbocycles. The summed E-state index contributed by atoms with van der Waals surface area (Å²) in [6.07, 6.45) is 5.79. The lowest BCUT2D eigenvalue weighted by Crippen LogP contribution is -2.33. The number of aliphatic hydroxyl groups excluding tert-OH is 1. The third-order valence-electron chi connectivity index (χ3n) is 6.24. The number of aliphatic hydroxyl groups is 1. The molecule has 1 aliphatic rings. The number of hydrogen-bond donors (Lipinski definition) is 1. The number of imidazole rings is 1. The van der Waals surface area contributed by atoms with E-state index >= 15 is 0 Å². The first-order chi connectivity index (χ1) is 16.0. The van der Waals surface area contributed by atoms with E-state index < -0.39 is 17.7 Å². The molecule has 1 saturated heterocycles. The van der Waals surface area contributed by atoms with E-state index in [0.29, 0.717) is 29.1 Å². The molecule has 0 aromatic carbocycles. The van der Waals surface area contributed by atoms with Crippen molar-refractivity contribution in [2.45, 2.75) is 33.2 Å². The predicted molar refractivity (Wildman–Crippen MR) is 126 cm³/mol. The highest BCUT2D eigenvalue weighted by molar-refractivity contribution is 6.46. The van der Waals surface area contributed by atoms with Gasteiger partial charge in [-0.2, -0.15) is 0 Å². The Hall–Kier alpha value is -3.52. The molecule has 4 heterocycles. The van der Waals surface area contributed by atoms with E-state index in [2.05, 4.69) is 28.7 Å². The molecule has 1 amide bonds. The summed E-state index contributed by atoms with van der Waals surface area (Å²) < 4.78 is 1.73. The molecule has 8 nitrogen and oxygen atoms in total. The second-order valence-electron chi connectivity index (χ2n) is 8.13. The molecule has 172 valence electrons. The first-order valence-electron chi connectivity index (χ1n) is 11.3. The van der Waals surface area contributed by atoms with E-state index in [1.54, 1.807) is 40.9 Å². The second kappa shape index (κ2) is 9.54. The highest BCUT2D eigenvalue weighted by atomic mass is 16.3. The monoisotopic (exact) mass is 447 g/mol. The van der Waals surface area contributed by atoms with Gasteiger partial charge >= 0.3 is 0 Å². The summed E-state index contributed by atoms with van der Waals surface area (Å²) in [5.41, 5.74) is 2.41. The molecule has 3 aromatic heterocycles. The maximum atomic E-state index is 13.2. The van der Waals surface area contributed by atoms with E-state index in [1.807, 2.05) is 24.3 Å². The standard InChI is InChI=1S/C25H29N5O3/c1-4-28(5-2)13-9-15-30-22(18-10-8-12-26-16-18)20(24(32)25(30)33)23(31)21-17(3)27-19-11-6-7-14-29(19)21/h6-8,10-12,14,16,22,31H,4-5,9,13,15H2,1-3H3/b23-20+/t22-/m1/s1. The van der Waals surface area contributed by atoms with Crippen LogP contribution in [0.25, 0.3) is 11.4 Å². The number of rotatable bonds is 8. The molecule has 1 atom stereocenters. The number of pyridine rings is 2. The molecule has 8 heteroatoms. The van der Waals surface area contributed by atoms with Crippen molar-refractivity contribution in [1.82, 2.24) is 24.2 Å². The van der Waals surface area contributed by atoms with Gasteiger partial charge in [-0.1, -0.05) is 26.0 Å². The Balaban J connectivity index is 1.80. The largest absolute Gasteiger partial charge is 0.505 e. The Bertz CT molecular complexity index is 1200. The smallest absolute Gasteiger partial charge is 0.295 e. The lowest BCUT2D eigenvalue weighted by molar-refractivity contribution is -0.140. The van der Waals surface area contributed by atoms with Gasteiger partial charge < -0.3 is 14.9 Å². The number of aryl methyl sites for hydroxylation is 1. The second-order valence-corrected chi connectivity index (χ2v) is 8.13. The van der Waals surface area contributed by atoms with E-state index in [1.165, 1.54) is 0 Å². The maximum absolute atomic E-state index is 13.2. The summed E-state index contributed by atoms with van der Waals surface area (Å²) in [5.74, 6) is -1.50. The molecule has 0 aliphatic carbocycles. The van der Waals surface area contributed by atoms with Crippen LogP contribution in [0.5, 0.6) is 0 Å². The molecule has 33 heavy (non-hydrogen) atoms. The maximum Gasteiger partial charge on any atom is 0.295 e. The van der Waals surface area contributed by atoms with E-state index in [-0.39, 0.29) is 11.3 Å². The zero-order valence-electron chi connectivity index (χ0n) is 19.2. The van der Waals surface area contributed by atoms with Crippen LogP contribution in [-0.2, 0) is 9.59 Å². The number of aromatic nitrogens is 3. The van der Waals surface area contributed by atoms with Gasteiger partial charge in [-0.05, 0) is 56.7 Å². The van der Waals surface area contributed by atoms with Crippen molar-refractivity contribution in [2.75, 3.05) is 26.2 Å². The highest BCUT2D eigenvalue weighted by Gasteiger charge is 2.46. The van der Waals surface area contributed by atoms with Crippen LogP contribution in [0.1, 0.15) is 43.3 Å². The van der Waals surface area contributed by atoms with E-state index in [9.17, 15) is 14.7 Å². The Morgan fingerprint density at radius 3 is 2.64 bits per heavy atom. The zero-order valence-corrected chi connectivity index (χ0v) is 19.2. The van der Waals surface area contributed by atoms with Crippen LogP contribution in [-0.4, -0.2) is 67.1 Å². The van der Waals surface area contributed by atoms with Crippen molar-refractivity contribution in [2.24, 2.45) is 0 Å². The topological polar surface area (TPSA) is 91.0 Å². The van der Waals surface area contributed by atoms with Gasteiger partial charge in [0.15, 0.2) is 5.76 Å². The van der Waals surface area contributed by atoms with Crippen molar-refractivity contribution in [3.8, 4) is 0 Å². The Morgan fingerprint density at radius 2 is 1.94 bits per heavy atom. The van der Waals surface area contributed by atoms with Crippen LogP contribution >= 0.6 is 0 Å². The molecular weight excluding hydrogens is 418 g/mol. The fourth-order valence-corrected chi connectivity index (χ4v) is 4.53. The van der Waals surface area contributed by atoms with Crippen molar-refractivity contribution in [3.63, 3.8) is 0 Å². The molecule has 1 aliphatic heterocycles. The Morgan fingerprint density at radius 1 is 1.15 bits per heavy atom. The summed E-state index contributed by atoms with van der Waals surface area (Å²) in [4.78, 5) is 38.9. The molecule has 4 rings (SSSR count). The average molecular weight is 448 g/mol. The zero-order chi connectivity index (χ0) is 23.5. The van der Waals surface area contributed by atoms with Gasteiger partial charge in [-0.3, -0.25) is 19.0 Å². The molecule has 0 spiro atoms. The molecule has 0 unspecified atom stereocenters. The van der Waals surface area contributed by atoms with Gasteiger partial charge in [-0.15, -0.1) is 0 Å². The molecule has 0 radical (unpaired) electrons. The van der Waals surface area contributed by atoms with Gasteiger partial charge in [-0.25, -0.2) is 4.98 Å². The van der Waals surface area contributed by atoms with E-state index in [0.717, 1.165) is 26.1 Å². The molecular formula is C25H29N5O3. The Kier molecular flexibility index (Phi) is 6.55.